The molecule has 2 aliphatic carbocycles. The number of rotatable bonds is 1. The molecule has 0 amide bonds. The zero-order chi connectivity index (χ0) is 16.4. The van der Waals surface area contributed by atoms with E-state index >= 15 is 0 Å². The molecule has 1 saturated heterocycles. The van der Waals surface area contributed by atoms with Gasteiger partial charge in [-0.1, -0.05) is 12.2 Å². The summed E-state index contributed by atoms with van der Waals surface area (Å²) in [6, 6.07) is 0. The van der Waals surface area contributed by atoms with Gasteiger partial charge in [-0.2, -0.15) is 0 Å². The lowest BCUT2D eigenvalue weighted by Gasteiger charge is -2.34. The number of Topliss-reactive ketones (excluding diaryl/α,β-unsaturated/α-hetero) is 1. The molecule has 6 nitrogen and oxygen atoms in total. The molecule has 6 atom stereocenters. The summed E-state index contributed by atoms with van der Waals surface area (Å²) in [7, 11) is 1.39. The fourth-order valence-corrected chi connectivity index (χ4v) is 4.14. The van der Waals surface area contributed by atoms with E-state index in [-0.39, 0.29) is 12.0 Å². The Morgan fingerprint density at radius 1 is 1.36 bits per heavy atom. The summed E-state index contributed by atoms with van der Waals surface area (Å²) in [6.45, 7) is 7.08. The van der Waals surface area contributed by atoms with Crippen LogP contribution in [0.2, 0.25) is 0 Å². The van der Waals surface area contributed by atoms with Crippen molar-refractivity contribution < 1.29 is 29.3 Å². The van der Waals surface area contributed by atoms with Gasteiger partial charge in [0.25, 0.3) is 0 Å². The van der Waals surface area contributed by atoms with Gasteiger partial charge in [-0.15, -0.1) is 0 Å². The van der Waals surface area contributed by atoms with Crippen LogP contribution in [0.15, 0.2) is 23.3 Å². The first kappa shape index (κ1) is 15.4. The second kappa shape index (κ2) is 4.75. The van der Waals surface area contributed by atoms with Gasteiger partial charge < -0.3 is 19.7 Å². The van der Waals surface area contributed by atoms with E-state index in [1.54, 1.807) is 13.8 Å². The summed E-state index contributed by atoms with van der Waals surface area (Å²) in [4.78, 5) is 24.4. The number of carbonyl (C=O) groups excluding carboxylic acids is 2. The van der Waals surface area contributed by atoms with Crippen molar-refractivity contribution in [3.8, 4) is 0 Å². The maximum Gasteiger partial charge on any atom is 0.334 e. The minimum atomic E-state index is -1.30. The number of esters is 1. The predicted molar refractivity (Wildman–Crippen MR) is 75.8 cm³/mol. The molecule has 3 rings (SSSR count). The Balaban J connectivity index is 2.20. The molecule has 22 heavy (non-hydrogen) atoms. The van der Waals surface area contributed by atoms with Crippen LogP contribution in [-0.2, 0) is 19.1 Å². The first-order valence-corrected chi connectivity index (χ1v) is 7.29. The van der Waals surface area contributed by atoms with E-state index in [1.807, 2.05) is 0 Å². The Labute approximate surface area is 128 Å². The number of hydrogen-bond acceptors (Lipinski definition) is 6. The number of carbonyl (C=O) groups is 2. The minimum Gasteiger partial charge on any atom is -0.457 e. The Hall–Kier alpha value is -1.50. The summed E-state index contributed by atoms with van der Waals surface area (Å²) >= 11 is 0. The van der Waals surface area contributed by atoms with E-state index in [0.717, 1.165) is 5.57 Å². The SMILES string of the molecule is C=C1C(=O)O[C@H]2[C@H]1[C@@H](O)CC(C)=C1[C@@H](O)C(=O)[C@](C)(OC)[C@@H]12. The number of aliphatic hydroxyl groups excluding tert-OH is 2. The third-order valence-corrected chi connectivity index (χ3v) is 5.40. The average molecular weight is 308 g/mol. The highest BCUT2D eigenvalue weighted by Crippen LogP contribution is 2.52. The Kier molecular flexibility index (Phi) is 3.32. The monoisotopic (exact) mass is 308 g/mol. The van der Waals surface area contributed by atoms with Gasteiger partial charge in [-0.05, 0) is 25.8 Å². The predicted octanol–water partition coefficient (Wildman–Crippen LogP) is 0.130. The third-order valence-electron chi connectivity index (χ3n) is 5.40. The standard InChI is InChI=1S/C16H20O6/c1-6-5-8(17)10-7(2)15(20)22-13(10)11-9(6)12(18)14(19)16(11,3)21-4/h8,10-13,17-18H,2,5H2,1,3-4H3/t8-,10+,11-,12+,13-,16+/m0/s1. The number of hydrogen-bond donors (Lipinski definition) is 2. The van der Waals surface area contributed by atoms with Crippen LogP contribution < -0.4 is 0 Å². The molecule has 0 radical (unpaired) electrons. The molecule has 0 aromatic carbocycles. The fraction of sp³-hybridized carbons (Fsp3) is 0.625. The number of fused-ring (bicyclic) bond motifs is 3. The van der Waals surface area contributed by atoms with Crippen molar-refractivity contribution in [1.82, 2.24) is 0 Å². The second-order valence-corrected chi connectivity index (χ2v) is 6.48. The van der Waals surface area contributed by atoms with E-state index in [9.17, 15) is 19.8 Å². The van der Waals surface area contributed by atoms with Crippen molar-refractivity contribution in [1.29, 1.82) is 0 Å². The fourth-order valence-electron chi connectivity index (χ4n) is 4.14. The normalized spacial score (nSPS) is 44.8. The zero-order valence-corrected chi connectivity index (χ0v) is 12.8. The van der Waals surface area contributed by atoms with Gasteiger partial charge in [0.1, 0.15) is 17.8 Å². The maximum atomic E-state index is 12.5. The summed E-state index contributed by atoms with van der Waals surface area (Å²) in [5.74, 6) is -2.24. The Morgan fingerprint density at radius 3 is 2.59 bits per heavy atom. The molecule has 1 saturated carbocycles. The molecule has 0 bridgehead atoms. The smallest absolute Gasteiger partial charge is 0.334 e. The molecule has 1 aliphatic heterocycles. The molecule has 120 valence electrons. The maximum absolute atomic E-state index is 12.5. The van der Waals surface area contributed by atoms with Gasteiger partial charge in [0.05, 0.1) is 17.9 Å². The number of ether oxygens (including phenoxy) is 2. The molecule has 2 fully saturated rings. The largest absolute Gasteiger partial charge is 0.457 e. The summed E-state index contributed by atoms with van der Waals surface area (Å²) in [5, 5.41) is 20.8. The average Bonchev–Trinajstić information content (AvgIpc) is 2.81. The molecule has 3 aliphatic rings. The van der Waals surface area contributed by atoms with Crippen molar-refractivity contribution in [2.75, 3.05) is 7.11 Å². The third kappa shape index (κ3) is 1.71. The summed E-state index contributed by atoms with van der Waals surface area (Å²) in [5.41, 5.74) is 0.146. The van der Waals surface area contributed by atoms with Crippen LogP contribution in [0.25, 0.3) is 0 Å². The topological polar surface area (TPSA) is 93.1 Å². The van der Waals surface area contributed by atoms with Gasteiger partial charge in [0.2, 0.25) is 0 Å². The summed E-state index contributed by atoms with van der Waals surface area (Å²) < 4.78 is 10.8. The Bertz CT molecular complexity index is 606. The van der Waals surface area contributed by atoms with Crippen LogP contribution in [0.5, 0.6) is 0 Å². The van der Waals surface area contributed by atoms with Crippen LogP contribution in [-0.4, -0.2) is 53.0 Å². The van der Waals surface area contributed by atoms with E-state index in [4.69, 9.17) is 9.47 Å². The summed E-state index contributed by atoms with van der Waals surface area (Å²) in [6.07, 6.45) is -2.64. The Morgan fingerprint density at radius 2 is 2.00 bits per heavy atom. The van der Waals surface area contributed by atoms with Crippen LogP contribution >= 0.6 is 0 Å². The van der Waals surface area contributed by atoms with Gasteiger partial charge in [0.15, 0.2) is 5.78 Å². The lowest BCUT2D eigenvalue weighted by atomic mass is 9.78. The van der Waals surface area contributed by atoms with E-state index in [1.165, 1.54) is 7.11 Å². The molecule has 0 aromatic rings. The van der Waals surface area contributed by atoms with Crippen molar-refractivity contribution >= 4 is 11.8 Å². The van der Waals surface area contributed by atoms with Gasteiger partial charge >= 0.3 is 5.97 Å². The van der Waals surface area contributed by atoms with E-state index in [2.05, 4.69) is 6.58 Å². The molecule has 6 heteroatoms. The van der Waals surface area contributed by atoms with Crippen LogP contribution in [0.3, 0.4) is 0 Å². The highest BCUT2D eigenvalue weighted by Gasteiger charge is 2.64. The first-order valence-electron chi connectivity index (χ1n) is 7.29. The molecular weight excluding hydrogens is 288 g/mol. The van der Waals surface area contributed by atoms with Gasteiger partial charge in [-0.3, -0.25) is 4.79 Å². The zero-order valence-electron chi connectivity index (χ0n) is 12.8. The molecule has 1 heterocycles. The van der Waals surface area contributed by atoms with Crippen molar-refractivity contribution in [2.45, 2.75) is 44.2 Å². The van der Waals surface area contributed by atoms with E-state index in [0.29, 0.717) is 5.57 Å². The first-order chi connectivity index (χ1) is 10.2. The molecule has 2 N–H and O–H groups in total. The van der Waals surface area contributed by atoms with Crippen LogP contribution in [0.1, 0.15) is 20.3 Å². The van der Waals surface area contributed by atoms with Crippen molar-refractivity contribution in [3.63, 3.8) is 0 Å². The highest BCUT2D eigenvalue weighted by atomic mass is 16.6. The number of methoxy groups -OCH3 is 1. The minimum absolute atomic E-state index is 0.207. The number of aliphatic hydroxyl groups is 2. The van der Waals surface area contributed by atoms with Gasteiger partial charge in [-0.25, -0.2) is 4.79 Å². The lowest BCUT2D eigenvalue weighted by molar-refractivity contribution is -0.155. The molecule has 0 spiro atoms. The molecular formula is C16H20O6. The van der Waals surface area contributed by atoms with Crippen LogP contribution in [0, 0.1) is 11.8 Å². The highest BCUT2D eigenvalue weighted by molar-refractivity contribution is 5.99. The van der Waals surface area contributed by atoms with E-state index < -0.39 is 47.5 Å². The van der Waals surface area contributed by atoms with Crippen LogP contribution in [0.4, 0.5) is 0 Å². The van der Waals surface area contributed by atoms with Crippen molar-refractivity contribution in [2.24, 2.45) is 11.8 Å². The van der Waals surface area contributed by atoms with Crippen molar-refractivity contribution in [3.05, 3.63) is 23.3 Å². The number of ketones is 1. The molecule has 0 unspecified atom stereocenters. The quantitative estimate of drug-likeness (QED) is 0.406. The lowest BCUT2D eigenvalue weighted by Crippen LogP contribution is -2.48. The van der Waals surface area contributed by atoms with Gasteiger partial charge in [0, 0.05) is 12.7 Å². The second-order valence-electron chi connectivity index (χ2n) is 6.48. The molecule has 0 aromatic heterocycles.